The van der Waals surface area contributed by atoms with Crippen LogP contribution in [0.15, 0.2) is 12.7 Å². The van der Waals surface area contributed by atoms with E-state index in [-0.39, 0.29) is 6.03 Å². The Bertz CT molecular complexity index is 301. The molecule has 0 radical (unpaired) electrons. The third kappa shape index (κ3) is 2.26. The molecule has 4 heteroatoms. The van der Waals surface area contributed by atoms with Gasteiger partial charge in [0.1, 0.15) is 5.84 Å². The monoisotopic (exact) mass is 223 g/mol. The zero-order valence-electron chi connectivity index (χ0n) is 10.2. The number of carbonyl (C=O) groups is 1. The average Bonchev–Trinajstić information content (AvgIpc) is 2.44. The van der Waals surface area contributed by atoms with Crippen LogP contribution in [-0.2, 0) is 0 Å². The van der Waals surface area contributed by atoms with Gasteiger partial charge >= 0.3 is 6.03 Å². The Morgan fingerprint density at radius 2 is 2.25 bits per heavy atom. The maximum Gasteiger partial charge on any atom is 0.323 e. The minimum atomic E-state index is -0.472. The Hall–Kier alpha value is -1.32. The number of amidine groups is 1. The van der Waals surface area contributed by atoms with Crippen molar-refractivity contribution in [1.82, 2.24) is 10.2 Å². The highest BCUT2D eigenvalue weighted by atomic mass is 16.2. The number of amides is 2. The first kappa shape index (κ1) is 12.7. The number of unbranched alkanes of at least 4 members (excludes halogenated alkanes) is 2. The number of urea groups is 1. The molecule has 0 bridgehead atoms. The van der Waals surface area contributed by atoms with Gasteiger partial charge in [-0.25, -0.2) is 4.79 Å². The lowest BCUT2D eigenvalue weighted by molar-refractivity contribution is 0.183. The summed E-state index contributed by atoms with van der Waals surface area (Å²) in [5.41, 5.74) is -0.472. The number of hydrogen-bond donors (Lipinski definition) is 2. The molecular weight excluding hydrogens is 202 g/mol. The van der Waals surface area contributed by atoms with E-state index in [1.54, 1.807) is 11.0 Å². The molecule has 0 saturated carbocycles. The predicted molar refractivity (Wildman–Crippen MR) is 65.7 cm³/mol. The predicted octanol–water partition coefficient (Wildman–Crippen LogP) is 2.51. The SMILES string of the molecule is C=CCN1C(=O)NC(=N)C1(C)CCCCC. The quantitative estimate of drug-likeness (QED) is 0.527. The van der Waals surface area contributed by atoms with E-state index in [2.05, 4.69) is 18.8 Å². The maximum absolute atomic E-state index is 11.6. The van der Waals surface area contributed by atoms with Crippen LogP contribution in [0.5, 0.6) is 0 Å². The molecule has 1 atom stereocenters. The van der Waals surface area contributed by atoms with Gasteiger partial charge in [0, 0.05) is 6.54 Å². The smallest absolute Gasteiger partial charge is 0.308 e. The van der Waals surface area contributed by atoms with Crippen LogP contribution < -0.4 is 5.32 Å². The highest BCUT2D eigenvalue weighted by molar-refractivity contribution is 6.08. The van der Waals surface area contributed by atoms with Gasteiger partial charge in [-0.3, -0.25) is 10.7 Å². The summed E-state index contributed by atoms with van der Waals surface area (Å²) in [4.78, 5) is 13.3. The van der Waals surface area contributed by atoms with E-state index in [1.165, 1.54) is 0 Å². The summed E-state index contributed by atoms with van der Waals surface area (Å²) in [6.07, 6.45) is 5.87. The highest BCUT2D eigenvalue weighted by Crippen LogP contribution is 2.27. The summed E-state index contributed by atoms with van der Waals surface area (Å²) < 4.78 is 0. The number of nitrogens with one attached hydrogen (secondary N) is 2. The lowest BCUT2D eigenvalue weighted by Crippen LogP contribution is -2.46. The molecule has 4 nitrogen and oxygen atoms in total. The molecule has 1 heterocycles. The standard InChI is InChI=1S/C12H21N3O/c1-4-6-7-8-12(3)10(13)14-11(16)15(12)9-5-2/h5H,2,4,6-9H2,1,3H3,(H2,13,14,16). The molecule has 0 aromatic rings. The second kappa shape index (κ2) is 5.14. The topological polar surface area (TPSA) is 56.2 Å². The van der Waals surface area contributed by atoms with Crippen LogP contribution in [0.25, 0.3) is 0 Å². The van der Waals surface area contributed by atoms with Gasteiger partial charge in [0.25, 0.3) is 0 Å². The first-order valence-electron chi connectivity index (χ1n) is 5.84. The molecule has 0 aliphatic carbocycles. The Kier molecular flexibility index (Phi) is 4.10. The average molecular weight is 223 g/mol. The van der Waals surface area contributed by atoms with Gasteiger partial charge in [0.05, 0.1) is 5.54 Å². The molecule has 1 fully saturated rings. The van der Waals surface area contributed by atoms with Gasteiger partial charge in [0.15, 0.2) is 0 Å². The molecule has 2 amide bonds. The summed E-state index contributed by atoms with van der Waals surface area (Å²) in [7, 11) is 0. The first-order valence-corrected chi connectivity index (χ1v) is 5.84. The van der Waals surface area contributed by atoms with Crippen molar-refractivity contribution in [3.05, 3.63) is 12.7 Å². The van der Waals surface area contributed by atoms with E-state index >= 15 is 0 Å². The fourth-order valence-electron chi connectivity index (χ4n) is 2.06. The third-order valence-corrected chi connectivity index (χ3v) is 3.19. The first-order chi connectivity index (χ1) is 7.56. The van der Waals surface area contributed by atoms with E-state index in [0.717, 1.165) is 25.7 Å². The van der Waals surface area contributed by atoms with Crippen LogP contribution in [0.1, 0.15) is 39.5 Å². The van der Waals surface area contributed by atoms with Gasteiger partial charge in [-0.15, -0.1) is 6.58 Å². The van der Waals surface area contributed by atoms with E-state index in [0.29, 0.717) is 12.4 Å². The second-order valence-corrected chi connectivity index (χ2v) is 4.44. The van der Waals surface area contributed by atoms with E-state index in [1.807, 2.05) is 6.92 Å². The fraction of sp³-hybridized carbons (Fsp3) is 0.667. The lowest BCUT2D eigenvalue weighted by atomic mass is 9.92. The molecule has 1 rings (SSSR count). The third-order valence-electron chi connectivity index (χ3n) is 3.19. The Morgan fingerprint density at radius 3 is 2.81 bits per heavy atom. The Labute approximate surface area is 97.2 Å². The van der Waals surface area contributed by atoms with Gasteiger partial charge in [0.2, 0.25) is 0 Å². The van der Waals surface area contributed by atoms with E-state index in [4.69, 9.17) is 5.41 Å². The van der Waals surface area contributed by atoms with Crippen molar-refractivity contribution >= 4 is 11.9 Å². The Balaban J connectivity index is 2.75. The second-order valence-electron chi connectivity index (χ2n) is 4.44. The van der Waals surface area contributed by atoms with Crippen LogP contribution in [0.3, 0.4) is 0 Å². The van der Waals surface area contributed by atoms with Gasteiger partial charge in [-0.2, -0.15) is 0 Å². The summed E-state index contributed by atoms with van der Waals surface area (Å²) in [6, 6.07) is -0.177. The molecular formula is C12H21N3O. The largest absolute Gasteiger partial charge is 0.323 e. The molecule has 0 aromatic heterocycles. The molecule has 2 N–H and O–H groups in total. The van der Waals surface area contributed by atoms with Crippen molar-refractivity contribution in [3.8, 4) is 0 Å². The molecule has 16 heavy (non-hydrogen) atoms. The van der Waals surface area contributed by atoms with Crippen LogP contribution in [0.2, 0.25) is 0 Å². The maximum atomic E-state index is 11.6. The molecule has 1 aliphatic heterocycles. The number of nitrogens with zero attached hydrogens (tertiary/aromatic N) is 1. The summed E-state index contributed by atoms with van der Waals surface area (Å²) in [5.74, 6) is 0.315. The van der Waals surface area contributed by atoms with Crippen LogP contribution >= 0.6 is 0 Å². The van der Waals surface area contributed by atoms with Crippen LogP contribution in [0, 0.1) is 5.41 Å². The van der Waals surface area contributed by atoms with Gasteiger partial charge < -0.3 is 4.90 Å². The Morgan fingerprint density at radius 1 is 1.56 bits per heavy atom. The van der Waals surface area contributed by atoms with Crippen molar-refractivity contribution in [1.29, 1.82) is 5.41 Å². The zero-order valence-corrected chi connectivity index (χ0v) is 10.2. The minimum absolute atomic E-state index is 0.177. The van der Waals surface area contributed by atoms with Crippen LogP contribution in [-0.4, -0.2) is 28.9 Å². The van der Waals surface area contributed by atoms with Gasteiger partial charge in [-0.1, -0.05) is 32.3 Å². The molecule has 0 aromatic carbocycles. The summed E-state index contributed by atoms with van der Waals surface area (Å²) in [6.45, 7) is 8.25. The minimum Gasteiger partial charge on any atom is -0.308 e. The van der Waals surface area contributed by atoms with E-state index in [9.17, 15) is 4.79 Å². The fourth-order valence-corrected chi connectivity index (χ4v) is 2.06. The normalized spacial score (nSPS) is 24.8. The van der Waals surface area contributed by atoms with Crippen molar-refractivity contribution in [2.75, 3.05) is 6.54 Å². The van der Waals surface area contributed by atoms with Gasteiger partial charge in [-0.05, 0) is 13.3 Å². The van der Waals surface area contributed by atoms with Crippen molar-refractivity contribution in [2.45, 2.75) is 45.1 Å². The zero-order chi connectivity index (χ0) is 12.2. The number of hydrogen-bond acceptors (Lipinski definition) is 2. The molecule has 1 aliphatic rings. The van der Waals surface area contributed by atoms with Crippen molar-refractivity contribution in [3.63, 3.8) is 0 Å². The lowest BCUT2D eigenvalue weighted by Gasteiger charge is -2.32. The highest BCUT2D eigenvalue weighted by Gasteiger charge is 2.45. The van der Waals surface area contributed by atoms with Crippen molar-refractivity contribution in [2.24, 2.45) is 0 Å². The summed E-state index contributed by atoms with van der Waals surface area (Å²) >= 11 is 0. The molecule has 0 spiro atoms. The number of carbonyl (C=O) groups excluding carboxylic acids is 1. The van der Waals surface area contributed by atoms with Crippen molar-refractivity contribution < 1.29 is 4.79 Å². The van der Waals surface area contributed by atoms with E-state index < -0.39 is 5.54 Å². The molecule has 1 unspecified atom stereocenters. The summed E-state index contributed by atoms with van der Waals surface area (Å²) in [5, 5.41) is 10.5. The number of rotatable bonds is 6. The van der Waals surface area contributed by atoms with Crippen LogP contribution in [0.4, 0.5) is 4.79 Å². The molecule has 1 saturated heterocycles. The molecule has 90 valence electrons.